The lowest BCUT2D eigenvalue weighted by Crippen LogP contribution is -2.49. The molecule has 3 heterocycles. The average Bonchev–Trinajstić information content (AvgIpc) is 2.81. The van der Waals surface area contributed by atoms with Gasteiger partial charge < -0.3 is 4.42 Å². The Bertz CT molecular complexity index is 556. The number of quaternary nitrogens is 1. The van der Waals surface area contributed by atoms with Crippen molar-refractivity contribution in [3.8, 4) is 0 Å². The fourth-order valence-electron chi connectivity index (χ4n) is 1.46. The van der Waals surface area contributed by atoms with Gasteiger partial charge in [0.15, 0.2) is 16.6 Å². The van der Waals surface area contributed by atoms with Crippen molar-refractivity contribution in [2.45, 2.75) is 0 Å². The van der Waals surface area contributed by atoms with Crippen LogP contribution in [0, 0.1) is 0 Å². The molecule has 6 nitrogen and oxygen atoms in total. The minimum Gasteiger partial charge on any atom is -0.461 e. The molecule has 0 amide bonds. The highest BCUT2D eigenvalue weighted by Gasteiger charge is 2.39. The monoisotopic (exact) mass is 280 g/mol. The third kappa shape index (κ3) is 1.37. The zero-order valence-corrected chi connectivity index (χ0v) is 9.63. The Kier molecular flexibility index (Phi) is 1.93. The summed E-state index contributed by atoms with van der Waals surface area (Å²) in [5.74, 6) is 7.63. The number of nitrogens with two attached hydrogens (primary N) is 1. The van der Waals surface area contributed by atoms with Crippen molar-refractivity contribution in [2.24, 2.45) is 20.9 Å². The Balaban J connectivity index is 2.09. The molecule has 0 spiro atoms. The maximum atomic E-state index is 6.03. The lowest BCUT2D eigenvalue weighted by atomic mass is 10.4. The van der Waals surface area contributed by atoms with E-state index in [2.05, 4.69) is 31.0 Å². The topological polar surface area (TPSA) is 76.2 Å². The van der Waals surface area contributed by atoms with Gasteiger partial charge >= 0.3 is 0 Å². The molecule has 0 saturated heterocycles. The lowest BCUT2D eigenvalue weighted by molar-refractivity contribution is -0.803. The molecule has 0 radical (unpaired) electrons. The van der Waals surface area contributed by atoms with Crippen LogP contribution in [-0.4, -0.2) is 22.6 Å². The van der Waals surface area contributed by atoms with Crippen molar-refractivity contribution in [1.29, 1.82) is 0 Å². The maximum absolute atomic E-state index is 6.03. The second kappa shape index (κ2) is 3.21. The van der Waals surface area contributed by atoms with Gasteiger partial charge in [-0.25, -0.2) is 4.99 Å². The van der Waals surface area contributed by atoms with Gasteiger partial charge in [0.1, 0.15) is 6.21 Å². The van der Waals surface area contributed by atoms with Crippen molar-refractivity contribution in [1.82, 2.24) is 0 Å². The fraction of sp³-hybridized carbons (Fsp3) is 0. The minimum atomic E-state index is -0.236. The van der Waals surface area contributed by atoms with Gasteiger partial charge in [0, 0.05) is 0 Å². The highest BCUT2D eigenvalue weighted by atomic mass is 79.9. The number of hydrogen-bond donors (Lipinski definition) is 1. The van der Waals surface area contributed by atoms with Crippen LogP contribution in [0.4, 0.5) is 0 Å². The van der Waals surface area contributed by atoms with Crippen LogP contribution >= 0.6 is 15.9 Å². The van der Waals surface area contributed by atoms with Crippen molar-refractivity contribution in [3.05, 3.63) is 35.0 Å². The molecular weight excluding hydrogens is 274 g/mol. The van der Waals surface area contributed by atoms with E-state index in [1.807, 2.05) is 0 Å². The van der Waals surface area contributed by atoms with Gasteiger partial charge in [-0.1, -0.05) is 0 Å². The normalized spacial score (nSPS) is 27.2. The molecule has 3 rings (SSSR count). The van der Waals surface area contributed by atoms with Crippen LogP contribution in [0.3, 0.4) is 0 Å². The van der Waals surface area contributed by atoms with Crippen molar-refractivity contribution in [2.75, 3.05) is 0 Å². The molecule has 2 aliphatic rings. The number of nitrogens with zero attached hydrogens (tertiary/aromatic N) is 4. The van der Waals surface area contributed by atoms with E-state index in [1.54, 1.807) is 30.8 Å². The third-order valence-corrected chi connectivity index (χ3v) is 2.61. The number of halogens is 1. The SMILES string of the molecule is N[N+]12C=C(Br)N=CC1=NC(c1ccco1)=N2. The molecule has 80 valence electrons. The smallest absolute Gasteiger partial charge is 0.300 e. The van der Waals surface area contributed by atoms with Crippen LogP contribution in [0.15, 0.2) is 48.7 Å². The van der Waals surface area contributed by atoms with Crippen LogP contribution in [0.1, 0.15) is 5.76 Å². The van der Waals surface area contributed by atoms with E-state index >= 15 is 0 Å². The number of hydrogen-bond acceptors (Lipinski definition) is 5. The Morgan fingerprint density at radius 3 is 3.06 bits per heavy atom. The first-order chi connectivity index (χ1) is 7.67. The summed E-state index contributed by atoms with van der Waals surface area (Å²) in [5.41, 5.74) is 0. The average molecular weight is 281 g/mol. The van der Waals surface area contributed by atoms with Gasteiger partial charge in [0.2, 0.25) is 0 Å². The summed E-state index contributed by atoms with van der Waals surface area (Å²) in [6, 6.07) is 3.56. The van der Waals surface area contributed by atoms with Crippen molar-refractivity contribution < 1.29 is 9.12 Å². The molecule has 1 atom stereocenters. The molecule has 0 bridgehead atoms. The van der Waals surface area contributed by atoms with Gasteiger partial charge in [-0.15, -0.1) is 5.84 Å². The van der Waals surface area contributed by atoms with E-state index in [-0.39, 0.29) is 4.70 Å². The summed E-state index contributed by atoms with van der Waals surface area (Å²) in [6.07, 6.45) is 4.79. The van der Waals surface area contributed by atoms with E-state index in [1.165, 1.54) is 0 Å². The minimum absolute atomic E-state index is 0.236. The van der Waals surface area contributed by atoms with E-state index in [0.717, 1.165) is 0 Å². The van der Waals surface area contributed by atoms with Crippen molar-refractivity contribution in [3.63, 3.8) is 0 Å². The molecule has 0 fully saturated rings. The van der Waals surface area contributed by atoms with Crippen LogP contribution in [0.25, 0.3) is 0 Å². The Hall–Kier alpha value is -1.57. The highest BCUT2D eigenvalue weighted by molar-refractivity contribution is 9.11. The number of aliphatic imine (C=N–C) groups is 2. The molecule has 16 heavy (non-hydrogen) atoms. The van der Waals surface area contributed by atoms with Gasteiger partial charge in [-0.2, -0.15) is 4.99 Å². The second-order valence-electron chi connectivity index (χ2n) is 3.32. The fourth-order valence-corrected chi connectivity index (χ4v) is 1.88. The molecule has 2 aliphatic heterocycles. The molecule has 2 N–H and O–H groups in total. The molecular formula is C9H7BrN5O+. The van der Waals surface area contributed by atoms with Crippen LogP contribution < -0.4 is 5.84 Å². The first-order valence-corrected chi connectivity index (χ1v) is 5.30. The van der Waals surface area contributed by atoms with Gasteiger partial charge in [0.25, 0.3) is 11.7 Å². The van der Waals surface area contributed by atoms with Gasteiger partial charge in [-0.3, -0.25) is 0 Å². The Morgan fingerprint density at radius 2 is 2.31 bits per heavy atom. The zero-order chi connectivity index (χ0) is 11.2. The molecule has 0 aliphatic carbocycles. The largest absolute Gasteiger partial charge is 0.461 e. The Labute approximate surface area is 99.2 Å². The Morgan fingerprint density at radius 1 is 1.44 bits per heavy atom. The van der Waals surface area contributed by atoms with Crippen molar-refractivity contribution >= 4 is 33.8 Å². The summed E-state index contributed by atoms with van der Waals surface area (Å²) < 4.78 is 5.60. The molecule has 1 aromatic heterocycles. The third-order valence-electron chi connectivity index (χ3n) is 2.20. The summed E-state index contributed by atoms with van der Waals surface area (Å²) >= 11 is 3.25. The highest BCUT2D eigenvalue weighted by Crippen LogP contribution is 2.23. The molecule has 0 saturated carbocycles. The van der Waals surface area contributed by atoms with Gasteiger partial charge in [0.05, 0.1) is 6.26 Å². The zero-order valence-electron chi connectivity index (χ0n) is 8.04. The summed E-state index contributed by atoms with van der Waals surface area (Å²) in [7, 11) is 0. The molecule has 1 unspecified atom stereocenters. The number of rotatable bonds is 1. The van der Waals surface area contributed by atoms with Crippen LogP contribution in [0.5, 0.6) is 0 Å². The van der Waals surface area contributed by atoms with Gasteiger partial charge in [-0.05, 0) is 37.9 Å². The van der Waals surface area contributed by atoms with Crippen LogP contribution in [0.2, 0.25) is 0 Å². The van der Waals surface area contributed by atoms with E-state index in [4.69, 9.17) is 10.3 Å². The van der Waals surface area contributed by atoms with E-state index in [9.17, 15) is 0 Å². The molecule has 0 aromatic carbocycles. The number of fused-ring (bicyclic) bond motifs is 1. The quantitative estimate of drug-likeness (QED) is 0.479. The summed E-state index contributed by atoms with van der Waals surface area (Å²) in [6.45, 7) is 0. The number of amidine groups is 2. The second-order valence-corrected chi connectivity index (χ2v) is 4.13. The first kappa shape index (κ1) is 9.64. The van der Waals surface area contributed by atoms with E-state index < -0.39 is 0 Å². The summed E-state index contributed by atoms with van der Waals surface area (Å²) in [5, 5.41) is 4.27. The van der Waals surface area contributed by atoms with E-state index in [0.29, 0.717) is 22.0 Å². The predicted octanol–water partition coefficient (Wildman–Crippen LogP) is 1.32. The lowest BCUT2D eigenvalue weighted by Gasteiger charge is -2.17. The number of furan rings is 1. The first-order valence-electron chi connectivity index (χ1n) is 4.50. The molecule has 1 aromatic rings. The predicted molar refractivity (Wildman–Crippen MR) is 62.6 cm³/mol. The summed E-state index contributed by atoms with van der Waals surface area (Å²) in [4.78, 5) is 8.32. The van der Waals surface area contributed by atoms with Crippen LogP contribution in [-0.2, 0) is 0 Å². The standard InChI is InChI=1S/C9H7BrN5O/c10-7-5-15(11)8(4-12-7)13-9(14-15)6-2-1-3-16-6/h1-5H,11H2/q+1. The maximum Gasteiger partial charge on any atom is 0.300 e. The molecule has 7 heteroatoms.